The van der Waals surface area contributed by atoms with E-state index in [1.54, 1.807) is 37.3 Å². The van der Waals surface area contributed by atoms with Crippen LogP contribution in [0.3, 0.4) is 0 Å². The summed E-state index contributed by atoms with van der Waals surface area (Å²) in [6.07, 6.45) is 0.291. The number of nitrogens with one attached hydrogen (secondary N) is 1. The number of hydrogen-bond donors (Lipinski definition) is 1. The van der Waals surface area contributed by atoms with Gasteiger partial charge in [-0.2, -0.15) is 10.1 Å². The van der Waals surface area contributed by atoms with E-state index in [1.807, 2.05) is 24.3 Å². The van der Waals surface area contributed by atoms with Crippen LogP contribution in [0.4, 0.5) is 5.69 Å². The zero-order valence-corrected chi connectivity index (χ0v) is 16.5. The van der Waals surface area contributed by atoms with Gasteiger partial charge in [0.15, 0.2) is 11.5 Å². The highest BCUT2D eigenvalue weighted by atomic mass is 16.5. The number of para-hydroxylation sites is 1. The highest BCUT2D eigenvalue weighted by Gasteiger charge is 2.35. The molecule has 1 unspecified atom stereocenters. The molecule has 5 rings (SSSR count). The molecule has 0 radical (unpaired) electrons. The Labute approximate surface area is 171 Å². The molecule has 1 aliphatic heterocycles. The Balaban J connectivity index is 1.42. The van der Waals surface area contributed by atoms with Crippen LogP contribution in [0.2, 0.25) is 0 Å². The molecule has 2 aromatic carbocycles. The molecule has 9 nitrogen and oxygen atoms in total. The van der Waals surface area contributed by atoms with Crippen molar-refractivity contribution in [3.05, 3.63) is 48.3 Å². The van der Waals surface area contributed by atoms with Gasteiger partial charge < -0.3 is 18.9 Å². The van der Waals surface area contributed by atoms with Crippen molar-refractivity contribution in [1.29, 1.82) is 0 Å². The molecular weight excluding hydrogens is 386 g/mol. The number of benzene rings is 2. The number of methoxy groups -OCH3 is 2. The van der Waals surface area contributed by atoms with Crippen LogP contribution in [0, 0.1) is 0 Å². The maximum absolute atomic E-state index is 12.7. The minimum atomic E-state index is -0.183. The van der Waals surface area contributed by atoms with Crippen LogP contribution in [0.15, 0.2) is 47.0 Å². The summed E-state index contributed by atoms with van der Waals surface area (Å²) in [5, 5.41) is 12.3. The lowest BCUT2D eigenvalue weighted by Gasteiger charge is -2.18. The monoisotopic (exact) mass is 405 g/mol. The predicted octanol–water partition coefficient (Wildman–Crippen LogP) is 3.15. The number of carbonyl (C=O) groups is 1. The van der Waals surface area contributed by atoms with E-state index < -0.39 is 0 Å². The highest BCUT2D eigenvalue weighted by molar-refractivity contribution is 5.97. The van der Waals surface area contributed by atoms with E-state index in [2.05, 4.69) is 20.3 Å². The smallest absolute Gasteiger partial charge is 0.279 e. The number of rotatable bonds is 5. The van der Waals surface area contributed by atoms with Crippen molar-refractivity contribution in [2.24, 2.45) is 0 Å². The first-order chi connectivity index (χ1) is 14.7. The predicted molar refractivity (Wildman–Crippen MR) is 109 cm³/mol. The Morgan fingerprint density at radius 1 is 1.13 bits per heavy atom. The molecule has 1 fully saturated rings. The summed E-state index contributed by atoms with van der Waals surface area (Å²) >= 11 is 0. The first-order valence-electron chi connectivity index (χ1n) is 9.47. The summed E-state index contributed by atoms with van der Waals surface area (Å²) in [4.78, 5) is 18.9. The van der Waals surface area contributed by atoms with Gasteiger partial charge in [-0.15, -0.1) is 0 Å². The summed E-state index contributed by atoms with van der Waals surface area (Å²) in [6.45, 7) is 0.440. The van der Waals surface area contributed by atoms with Gasteiger partial charge >= 0.3 is 0 Å². The SMILES string of the molecule is COc1cc(OC)cc(N2CC(c3noc(-c4n[nH]c5ccccc45)n3)CC2=O)c1. The summed E-state index contributed by atoms with van der Waals surface area (Å²) in [5.74, 6) is 1.85. The van der Waals surface area contributed by atoms with Crippen LogP contribution in [-0.2, 0) is 4.79 Å². The van der Waals surface area contributed by atoms with Crippen molar-refractivity contribution in [2.75, 3.05) is 25.7 Å². The van der Waals surface area contributed by atoms with Crippen LogP contribution in [0.1, 0.15) is 18.2 Å². The van der Waals surface area contributed by atoms with Crippen molar-refractivity contribution in [3.63, 3.8) is 0 Å². The Morgan fingerprint density at radius 2 is 1.90 bits per heavy atom. The van der Waals surface area contributed by atoms with Crippen LogP contribution < -0.4 is 14.4 Å². The largest absolute Gasteiger partial charge is 0.497 e. The second-order valence-electron chi connectivity index (χ2n) is 7.05. The molecule has 0 aliphatic carbocycles. The standard InChI is InChI=1S/C21H19N5O4/c1-28-14-8-13(9-15(10-14)29-2)26-11-12(7-18(26)27)20-22-21(30-25-20)19-16-5-3-4-6-17(16)23-24-19/h3-6,8-10,12H,7,11H2,1-2H3,(H,23,24). The molecule has 2 aromatic heterocycles. The van der Waals surface area contributed by atoms with Gasteiger partial charge in [0.2, 0.25) is 5.91 Å². The van der Waals surface area contributed by atoms with Crippen molar-refractivity contribution >= 4 is 22.5 Å². The van der Waals surface area contributed by atoms with Crippen LogP contribution in [-0.4, -0.2) is 47.0 Å². The fourth-order valence-corrected chi connectivity index (χ4v) is 3.70. The second-order valence-corrected chi connectivity index (χ2v) is 7.05. The highest BCUT2D eigenvalue weighted by Crippen LogP contribution is 2.35. The molecule has 0 saturated carbocycles. The number of hydrogen-bond acceptors (Lipinski definition) is 7. The van der Waals surface area contributed by atoms with E-state index in [1.165, 1.54) is 0 Å². The van der Waals surface area contributed by atoms with Crippen LogP contribution >= 0.6 is 0 Å². The zero-order chi connectivity index (χ0) is 20.7. The van der Waals surface area contributed by atoms with E-state index in [0.29, 0.717) is 47.6 Å². The molecule has 3 heterocycles. The molecule has 1 amide bonds. The minimum absolute atomic E-state index is 0.0214. The number of aromatic nitrogens is 4. The fourth-order valence-electron chi connectivity index (χ4n) is 3.70. The first-order valence-corrected chi connectivity index (χ1v) is 9.47. The summed E-state index contributed by atoms with van der Waals surface area (Å²) < 4.78 is 16.1. The molecule has 30 heavy (non-hydrogen) atoms. The lowest BCUT2D eigenvalue weighted by molar-refractivity contribution is -0.117. The Kier molecular flexibility index (Phi) is 4.35. The number of ether oxygens (including phenoxy) is 2. The minimum Gasteiger partial charge on any atom is -0.497 e. The van der Waals surface area contributed by atoms with Gasteiger partial charge in [-0.25, -0.2) is 0 Å². The number of carbonyl (C=O) groups excluding carboxylic acids is 1. The number of aromatic amines is 1. The Bertz CT molecular complexity index is 1210. The van der Waals surface area contributed by atoms with E-state index >= 15 is 0 Å². The number of amides is 1. The lowest BCUT2D eigenvalue weighted by Crippen LogP contribution is -2.24. The van der Waals surface area contributed by atoms with Crippen molar-refractivity contribution in [2.45, 2.75) is 12.3 Å². The van der Waals surface area contributed by atoms with Gasteiger partial charge in [0.1, 0.15) is 11.5 Å². The third-order valence-electron chi connectivity index (χ3n) is 5.25. The van der Waals surface area contributed by atoms with Gasteiger partial charge in [-0.3, -0.25) is 9.89 Å². The van der Waals surface area contributed by atoms with Crippen LogP contribution in [0.5, 0.6) is 11.5 Å². The topological polar surface area (TPSA) is 106 Å². The lowest BCUT2D eigenvalue weighted by atomic mass is 10.1. The number of anilines is 1. The molecule has 9 heteroatoms. The van der Waals surface area contributed by atoms with Gasteiger partial charge in [0.05, 0.1) is 25.4 Å². The van der Waals surface area contributed by atoms with Gasteiger partial charge in [0, 0.05) is 42.5 Å². The third kappa shape index (κ3) is 3.04. The molecule has 0 bridgehead atoms. The van der Waals surface area contributed by atoms with Gasteiger partial charge in [-0.1, -0.05) is 23.4 Å². The van der Waals surface area contributed by atoms with Crippen molar-refractivity contribution in [1.82, 2.24) is 20.3 Å². The first kappa shape index (κ1) is 18.2. The van der Waals surface area contributed by atoms with Crippen molar-refractivity contribution < 1.29 is 18.8 Å². The third-order valence-corrected chi connectivity index (χ3v) is 5.25. The molecule has 1 atom stereocenters. The molecule has 1 saturated heterocycles. The summed E-state index contributed by atoms with van der Waals surface area (Å²) in [7, 11) is 3.15. The maximum atomic E-state index is 12.7. The number of H-pyrrole nitrogens is 1. The Hall–Kier alpha value is -3.88. The number of nitrogens with zero attached hydrogens (tertiary/aromatic N) is 4. The fraction of sp³-hybridized carbons (Fsp3) is 0.238. The van der Waals surface area contributed by atoms with Gasteiger partial charge in [-0.05, 0) is 6.07 Å². The molecular formula is C21H19N5O4. The van der Waals surface area contributed by atoms with Crippen molar-refractivity contribution in [3.8, 4) is 23.1 Å². The average molecular weight is 405 g/mol. The molecule has 152 valence electrons. The van der Waals surface area contributed by atoms with E-state index in [9.17, 15) is 4.79 Å². The zero-order valence-electron chi connectivity index (χ0n) is 16.5. The molecule has 4 aromatic rings. The maximum Gasteiger partial charge on any atom is 0.279 e. The summed E-state index contributed by atoms with van der Waals surface area (Å²) in [6, 6.07) is 13.1. The molecule has 1 N–H and O–H groups in total. The average Bonchev–Trinajstić information content (AvgIpc) is 3.50. The van der Waals surface area contributed by atoms with E-state index in [4.69, 9.17) is 14.0 Å². The Morgan fingerprint density at radius 3 is 2.67 bits per heavy atom. The molecule has 0 spiro atoms. The van der Waals surface area contributed by atoms with E-state index in [-0.39, 0.29) is 11.8 Å². The van der Waals surface area contributed by atoms with E-state index in [0.717, 1.165) is 10.9 Å². The molecule has 1 aliphatic rings. The van der Waals surface area contributed by atoms with Gasteiger partial charge in [0.25, 0.3) is 5.89 Å². The summed E-state index contributed by atoms with van der Waals surface area (Å²) in [5.41, 5.74) is 2.20. The number of fused-ring (bicyclic) bond motifs is 1. The normalized spacial score (nSPS) is 16.4. The second kappa shape index (κ2) is 7.18. The quantitative estimate of drug-likeness (QED) is 0.543. The van der Waals surface area contributed by atoms with Crippen LogP contribution in [0.25, 0.3) is 22.5 Å².